The van der Waals surface area contributed by atoms with Crippen molar-refractivity contribution in [3.8, 4) is 0 Å². The molecule has 1 saturated heterocycles. The van der Waals surface area contributed by atoms with Crippen molar-refractivity contribution >= 4 is 17.1 Å². The topological polar surface area (TPSA) is 65.1 Å². The van der Waals surface area contributed by atoms with Crippen LogP contribution in [0.2, 0.25) is 0 Å². The number of hydrogen-bond donors (Lipinski definition) is 0. The van der Waals surface area contributed by atoms with E-state index in [1.165, 1.54) is 9.13 Å². The summed E-state index contributed by atoms with van der Waals surface area (Å²) in [5.41, 5.74) is 2.37. The molecule has 0 N–H and O–H groups in total. The highest BCUT2D eigenvalue weighted by molar-refractivity contribution is 5.74. The number of hydrogen-bond acceptors (Lipinski definition) is 4. The van der Waals surface area contributed by atoms with Crippen LogP contribution in [0.4, 0.5) is 5.95 Å². The number of nitrogens with zero attached hydrogens (tertiary/aromatic N) is 5. The van der Waals surface area contributed by atoms with E-state index in [0.29, 0.717) is 11.2 Å². The van der Waals surface area contributed by atoms with Crippen molar-refractivity contribution in [1.82, 2.24) is 18.7 Å². The number of imidazole rings is 1. The second-order valence-electron chi connectivity index (χ2n) is 7.06. The lowest BCUT2D eigenvalue weighted by molar-refractivity contribution is 0.655. The SMILES string of the molecule is Cc1ccc(Cn2c(=O)c3c(nc(N4CCCC4)n3C)n(C)c2=O)cc1. The van der Waals surface area contributed by atoms with Crippen molar-refractivity contribution in [3.05, 3.63) is 56.2 Å². The maximum absolute atomic E-state index is 13.1. The minimum atomic E-state index is -0.339. The molecule has 1 fully saturated rings. The standard InChI is InChI=1S/C19H23N5O2/c1-13-6-8-14(9-7-13)12-24-17(25)15-16(22(3)19(24)26)20-18(21(15)2)23-10-4-5-11-23/h6-9H,4-5,10-12H2,1-3H3. The van der Waals surface area contributed by atoms with Gasteiger partial charge in [0, 0.05) is 27.2 Å². The number of benzene rings is 1. The first-order valence-corrected chi connectivity index (χ1v) is 8.94. The second-order valence-corrected chi connectivity index (χ2v) is 7.06. The molecule has 7 heteroatoms. The molecule has 1 aromatic carbocycles. The molecule has 7 nitrogen and oxygen atoms in total. The van der Waals surface area contributed by atoms with E-state index in [1.807, 2.05) is 42.8 Å². The average Bonchev–Trinajstić information content (AvgIpc) is 3.26. The minimum absolute atomic E-state index is 0.256. The van der Waals surface area contributed by atoms with Crippen molar-refractivity contribution < 1.29 is 0 Å². The molecule has 0 unspecified atom stereocenters. The van der Waals surface area contributed by atoms with Gasteiger partial charge in [0.2, 0.25) is 5.95 Å². The molecule has 0 saturated carbocycles. The zero-order chi connectivity index (χ0) is 18.4. The van der Waals surface area contributed by atoms with Crippen LogP contribution in [0.25, 0.3) is 11.2 Å². The first-order valence-electron chi connectivity index (χ1n) is 8.94. The van der Waals surface area contributed by atoms with Gasteiger partial charge in [0.05, 0.1) is 6.54 Å². The highest BCUT2D eigenvalue weighted by Crippen LogP contribution is 2.21. The molecule has 1 aliphatic rings. The van der Waals surface area contributed by atoms with E-state index in [0.717, 1.165) is 43.0 Å². The van der Waals surface area contributed by atoms with E-state index in [9.17, 15) is 9.59 Å². The van der Waals surface area contributed by atoms with Crippen molar-refractivity contribution in [3.63, 3.8) is 0 Å². The van der Waals surface area contributed by atoms with E-state index in [-0.39, 0.29) is 17.8 Å². The number of aryl methyl sites for hydroxylation is 3. The fourth-order valence-electron chi connectivity index (χ4n) is 3.65. The molecule has 26 heavy (non-hydrogen) atoms. The van der Waals surface area contributed by atoms with E-state index in [2.05, 4.69) is 9.88 Å². The van der Waals surface area contributed by atoms with Crippen LogP contribution in [0.15, 0.2) is 33.9 Å². The lowest BCUT2D eigenvalue weighted by Gasteiger charge is -2.15. The van der Waals surface area contributed by atoms with Crippen LogP contribution in [-0.2, 0) is 20.6 Å². The first kappa shape index (κ1) is 16.6. The first-order chi connectivity index (χ1) is 12.5. The predicted molar refractivity (Wildman–Crippen MR) is 102 cm³/mol. The van der Waals surface area contributed by atoms with Gasteiger partial charge in [-0.15, -0.1) is 0 Å². The molecular formula is C19H23N5O2. The molecule has 3 heterocycles. The van der Waals surface area contributed by atoms with Crippen LogP contribution in [0, 0.1) is 6.92 Å². The lowest BCUT2D eigenvalue weighted by atomic mass is 10.1. The summed E-state index contributed by atoms with van der Waals surface area (Å²) in [6.45, 7) is 4.13. The Hall–Kier alpha value is -2.83. The van der Waals surface area contributed by atoms with Crippen LogP contribution in [0.5, 0.6) is 0 Å². The zero-order valence-electron chi connectivity index (χ0n) is 15.4. The van der Waals surface area contributed by atoms with Crippen molar-refractivity contribution in [2.45, 2.75) is 26.3 Å². The molecule has 0 atom stereocenters. The van der Waals surface area contributed by atoms with E-state index in [4.69, 9.17) is 0 Å². The molecule has 0 aliphatic carbocycles. The maximum atomic E-state index is 13.1. The van der Waals surface area contributed by atoms with Crippen LogP contribution in [0.1, 0.15) is 24.0 Å². The fourth-order valence-corrected chi connectivity index (χ4v) is 3.65. The Bertz CT molecular complexity index is 1080. The smallest absolute Gasteiger partial charge is 0.332 e. The summed E-state index contributed by atoms with van der Waals surface area (Å²) in [6.07, 6.45) is 2.25. The Balaban J connectivity index is 1.89. The molecule has 136 valence electrons. The predicted octanol–water partition coefficient (Wildman–Crippen LogP) is 1.39. The third-order valence-corrected chi connectivity index (χ3v) is 5.19. The minimum Gasteiger partial charge on any atom is -0.342 e. The van der Waals surface area contributed by atoms with E-state index in [1.54, 1.807) is 7.05 Å². The van der Waals surface area contributed by atoms with Gasteiger partial charge in [-0.3, -0.25) is 13.9 Å². The van der Waals surface area contributed by atoms with Gasteiger partial charge in [0.25, 0.3) is 5.56 Å². The van der Waals surface area contributed by atoms with Gasteiger partial charge in [-0.2, -0.15) is 4.98 Å². The van der Waals surface area contributed by atoms with Gasteiger partial charge in [0.1, 0.15) is 0 Å². The molecule has 1 aliphatic heterocycles. The van der Waals surface area contributed by atoms with E-state index >= 15 is 0 Å². The summed E-state index contributed by atoms with van der Waals surface area (Å²) < 4.78 is 4.60. The third kappa shape index (κ3) is 2.55. The third-order valence-electron chi connectivity index (χ3n) is 5.19. The highest BCUT2D eigenvalue weighted by Gasteiger charge is 2.23. The molecule has 2 aromatic heterocycles. The van der Waals surface area contributed by atoms with Gasteiger partial charge in [0.15, 0.2) is 11.2 Å². The Labute approximate surface area is 151 Å². The highest BCUT2D eigenvalue weighted by atomic mass is 16.2. The Morgan fingerprint density at radius 2 is 1.65 bits per heavy atom. The van der Waals surface area contributed by atoms with Crippen LogP contribution in [-0.4, -0.2) is 31.8 Å². The molecular weight excluding hydrogens is 330 g/mol. The molecule has 0 spiro atoms. The summed E-state index contributed by atoms with van der Waals surface area (Å²) in [5, 5.41) is 0. The lowest BCUT2D eigenvalue weighted by Crippen LogP contribution is -2.39. The molecule has 4 rings (SSSR count). The molecule has 0 amide bonds. The monoisotopic (exact) mass is 353 g/mol. The van der Waals surface area contributed by atoms with Gasteiger partial charge >= 0.3 is 5.69 Å². The fraction of sp³-hybridized carbons (Fsp3) is 0.421. The normalized spacial score (nSPS) is 14.5. The number of aromatic nitrogens is 4. The number of rotatable bonds is 3. The Morgan fingerprint density at radius 1 is 1.00 bits per heavy atom. The van der Waals surface area contributed by atoms with Gasteiger partial charge in [-0.25, -0.2) is 4.79 Å². The van der Waals surface area contributed by atoms with Crippen LogP contribution >= 0.6 is 0 Å². The van der Waals surface area contributed by atoms with E-state index < -0.39 is 0 Å². The van der Waals surface area contributed by atoms with Crippen LogP contribution < -0.4 is 16.1 Å². The molecule has 0 radical (unpaired) electrons. The Kier molecular flexibility index (Phi) is 3.94. The van der Waals surface area contributed by atoms with Gasteiger partial charge < -0.3 is 9.47 Å². The number of fused-ring (bicyclic) bond motifs is 1. The van der Waals surface area contributed by atoms with Gasteiger partial charge in [-0.1, -0.05) is 29.8 Å². The van der Waals surface area contributed by atoms with Crippen molar-refractivity contribution in [2.24, 2.45) is 14.1 Å². The summed E-state index contributed by atoms with van der Waals surface area (Å²) >= 11 is 0. The maximum Gasteiger partial charge on any atom is 0.332 e. The summed E-state index contributed by atoms with van der Waals surface area (Å²) in [7, 11) is 3.53. The Morgan fingerprint density at radius 3 is 2.31 bits per heavy atom. The molecule has 3 aromatic rings. The van der Waals surface area contributed by atoms with Gasteiger partial charge in [-0.05, 0) is 25.3 Å². The van der Waals surface area contributed by atoms with Crippen molar-refractivity contribution in [2.75, 3.05) is 18.0 Å². The molecule has 0 bridgehead atoms. The summed E-state index contributed by atoms with van der Waals surface area (Å²) in [6, 6.07) is 7.87. The van der Waals surface area contributed by atoms with Crippen molar-refractivity contribution in [1.29, 1.82) is 0 Å². The average molecular weight is 353 g/mol. The van der Waals surface area contributed by atoms with Crippen LogP contribution in [0.3, 0.4) is 0 Å². The summed E-state index contributed by atoms with van der Waals surface area (Å²) in [4.78, 5) is 32.7. The second kappa shape index (κ2) is 6.16. The zero-order valence-corrected chi connectivity index (χ0v) is 15.4. The largest absolute Gasteiger partial charge is 0.342 e. The quantitative estimate of drug-likeness (QED) is 0.714. The summed E-state index contributed by atoms with van der Waals surface area (Å²) in [5.74, 6) is 0.762. The number of anilines is 1.